The van der Waals surface area contributed by atoms with E-state index in [2.05, 4.69) is 21.2 Å². The maximum atomic E-state index is 13.4. The summed E-state index contributed by atoms with van der Waals surface area (Å²) in [7, 11) is 0. The highest BCUT2D eigenvalue weighted by Gasteiger charge is 2.35. The van der Waals surface area contributed by atoms with Crippen LogP contribution in [-0.2, 0) is 0 Å². The van der Waals surface area contributed by atoms with Crippen LogP contribution < -0.4 is 10.7 Å². The Morgan fingerprint density at radius 3 is 2.57 bits per heavy atom. The maximum absolute atomic E-state index is 13.4. The van der Waals surface area contributed by atoms with E-state index in [1.807, 2.05) is 12.1 Å². The zero-order valence-electron chi connectivity index (χ0n) is 11.6. The summed E-state index contributed by atoms with van der Waals surface area (Å²) in [6.45, 7) is 0. The number of benzene rings is 2. The Bertz CT molecular complexity index is 1010. The quantitative estimate of drug-likeness (QED) is 0.709. The molecule has 0 saturated carbocycles. The Morgan fingerprint density at radius 1 is 1.09 bits per heavy atom. The van der Waals surface area contributed by atoms with Crippen molar-refractivity contribution in [1.29, 1.82) is 0 Å². The van der Waals surface area contributed by atoms with Crippen molar-refractivity contribution >= 4 is 32.8 Å². The Morgan fingerprint density at radius 2 is 1.83 bits per heavy atom. The molecule has 1 N–H and O–H groups in total. The molecule has 3 aromatic rings. The predicted octanol–water partition coefficient (Wildman–Crippen LogP) is 3.53. The van der Waals surface area contributed by atoms with Gasteiger partial charge in [0.2, 0.25) is 5.76 Å². The molecule has 2 heterocycles. The van der Waals surface area contributed by atoms with Crippen molar-refractivity contribution in [2.24, 2.45) is 0 Å². The minimum absolute atomic E-state index is 0.0120. The second kappa shape index (κ2) is 5.03. The fourth-order valence-corrected chi connectivity index (χ4v) is 3.05. The molecule has 23 heavy (non-hydrogen) atoms. The SMILES string of the molecule is O=C1NC(c2ccc(Br)cc2)c2c1oc1ccc(F)cc1c2=O. The van der Waals surface area contributed by atoms with E-state index in [0.717, 1.165) is 16.1 Å². The first-order valence-electron chi connectivity index (χ1n) is 6.87. The van der Waals surface area contributed by atoms with Crippen molar-refractivity contribution in [2.45, 2.75) is 6.04 Å². The number of halogens is 2. The predicted molar refractivity (Wildman–Crippen MR) is 85.9 cm³/mol. The van der Waals surface area contributed by atoms with Crippen molar-refractivity contribution in [1.82, 2.24) is 5.32 Å². The summed E-state index contributed by atoms with van der Waals surface area (Å²) in [4.78, 5) is 24.9. The van der Waals surface area contributed by atoms with Gasteiger partial charge in [0, 0.05) is 4.47 Å². The molecular formula is C17H9BrFNO3. The van der Waals surface area contributed by atoms with Gasteiger partial charge in [-0.2, -0.15) is 0 Å². The molecule has 6 heteroatoms. The van der Waals surface area contributed by atoms with E-state index in [4.69, 9.17) is 4.42 Å². The lowest BCUT2D eigenvalue weighted by molar-refractivity contribution is 0.0938. The first-order chi connectivity index (χ1) is 11.0. The molecule has 4 rings (SSSR count). The van der Waals surface area contributed by atoms with Crippen LogP contribution in [0.2, 0.25) is 0 Å². The summed E-state index contributed by atoms with van der Waals surface area (Å²) >= 11 is 3.34. The van der Waals surface area contributed by atoms with Crippen LogP contribution in [0.3, 0.4) is 0 Å². The highest BCUT2D eigenvalue weighted by Crippen LogP contribution is 2.31. The molecule has 1 aromatic heterocycles. The Kier molecular flexibility index (Phi) is 3.09. The van der Waals surface area contributed by atoms with Crippen molar-refractivity contribution in [3.63, 3.8) is 0 Å². The number of carbonyl (C=O) groups is 1. The molecule has 4 nitrogen and oxygen atoms in total. The molecule has 0 aliphatic carbocycles. The summed E-state index contributed by atoms with van der Waals surface area (Å²) in [6.07, 6.45) is 0. The van der Waals surface area contributed by atoms with Crippen LogP contribution in [0.1, 0.15) is 27.7 Å². The third-order valence-corrected chi connectivity index (χ3v) is 4.39. The number of amides is 1. The monoisotopic (exact) mass is 373 g/mol. The lowest BCUT2D eigenvalue weighted by Gasteiger charge is -2.11. The average molecular weight is 374 g/mol. The smallest absolute Gasteiger partial charge is 0.288 e. The third kappa shape index (κ3) is 2.17. The van der Waals surface area contributed by atoms with Gasteiger partial charge in [-0.1, -0.05) is 28.1 Å². The lowest BCUT2D eigenvalue weighted by atomic mass is 9.99. The molecule has 0 bridgehead atoms. The first-order valence-corrected chi connectivity index (χ1v) is 7.66. The Labute approximate surface area is 138 Å². The number of hydrogen-bond acceptors (Lipinski definition) is 3. The molecule has 1 aliphatic rings. The van der Waals surface area contributed by atoms with E-state index >= 15 is 0 Å². The highest BCUT2D eigenvalue weighted by molar-refractivity contribution is 9.10. The second-order valence-electron chi connectivity index (χ2n) is 5.27. The lowest BCUT2D eigenvalue weighted by Crippen LogP contribution is -2.21. The fourth-order valence-electron chi connectivity index (χ4n) is 2.79. The molecule has 1 amide bonds. The summed E-state index contributed by atoms with van der Waals surface area (Å²) in [5.41, 5.74) is 0.771. The van der Waals surface area contributed by atoms with Crippen LogP contribution >= 0.6 is 15.9 Å². The van der Waals surface area contributed by atoms with E-state index in [0.29, 0.717) is 0 Å². The molecule has 1 aliphatic heterocycles. The van der Waals surface area contributed by atoms with Crippen LogP contribution in [0.5, 0.6) is 0 Å². The van der Waals surface area contributed by atoms with Gasteiger partial charge >= 0.3 is 0 Å². The second-order valence-corrected chi connectivity index (χ2v) is 6.19. The molecule has 2 aromatic carbocycles. The molecule has 1 unspecified atom stereocenters. The summed E-state index contributed by atoms with van der Waals surface area (Å²) < 4.78 is 19.9. The molecule has 1 atom stereocenters. The van der Waals surface area contributed by atoms with Gasteiger partial charge in [0.05, 0.1) is 17.0 Å². The summed E-state index contributed by atoms with van der Waals surface area (Å²) in [5, 5.41) is 2.87. The van der Waals surface area contributed by atoms with Crippen molar-refractivity contribution in [3.8, 4) is 0 Å². The first kappa shape index (κ1) is 14.1. The van der Waals surface area contributed by atoms with E-state index in [9.17, 15) is 14.0 Å². The molecule has 0 fully saturated rings. The van der Waals surface area contributed by atoms with Gasteiger partial charge in [-0.15, -0.1) is 0 Å². The maximum Gasteiger partial charge on any atom is 0.288 e. The zero-order valence-corrected chi connectivity index (χ0v) is 13.2. The van der Waals surface area contributed by atoms with Gasteiger partial charge < -0.3 is 9.73 Å². The van der Waals surface area contributed by atoms with Crippen LogP contribution in [0.4, 0.5) is 4.39 Å². The molecule has 0 spiro atoms. The number of fused-ring (bicyclic) bond motifs is 2. The Balaban J connectivity index is 1.99. The van der Waals surface area contributed by atoms with E-state index in [-0.39, 0.29) is 22.3 Å². The molecule has 0 radical (unpaired) electrons. The third-order valence-electron chi connectivity index (χ3n) is 3.86. The molecule has 0 saturated heterocycles. The number of hydrogen-bond donors (Lipinski definition) is 1. The van der Waals surface area contributed by atoms with Gasteiger partial charge in [-0.05, 0) is 35.9 Å². The normalized spacial score (nSPS) is 16.4. The fraction of sp³-hybridized carbons (Fsp3) is 0.0588. The van der Waals surface area contributed by atoms with Crippen molar-refractivity contribution in [3.05, 3.63) is 79.9 Å². The van der Waals surface area contributed by atoms with Gasteiger partial charge in [0.25, 0.3) is 5.91 Å². The summed E-state index contributed by atoms with van der Waals surface area (Å²) in [5.74, 6) is -0.986. The topological polar surface area (TPSA) is 59.3 Å². The zero-order chi connectivity index (χ0) is 16.1. The largest absolute Gasteiger partial charge is 0.450 e. The number of rotatable bonds is 1. The van der Waals surface area contributed by atoms with Crippen molar-refractivity contribution in [2.75, 3.05) is 0 Å². The van der Waals surface area contributed by atoms with Crippen LogP contribution in [0.15, 0.2) is 56.1 Å². The van der Waals surface area contributed by atoms with Gasteiger partial charge in [0.1, 0.15) is 11.4 Å². The van der Waals surface area contributed by atoms with Gasteiger partial charge in [-0.3, -0.25) is 9.59 Å². The highest BCUT2D eigenvalue weighted by atomic mass is 79.9. The minimum Gasteiger partial charge on any atom is -0.450 e. The van der Waals surface area contributed by atoms with Crippen LogP contribution in [0, 0.1) is 5.82 Å². The van der Waals surface area contributed by atoms with Crippen LogP contribution in [-0.4, -0.2) is 5.91 Å². The molecular weight excluding hydrogens is 365 g/mol. The average Bonchev–Trinajstić information content (AvgIpc) is 2.86. The van der Waals surface area contributed by atoms with Gasteiger partial charge in [-0.25, -0.2) is 4.39 Å². The van der Waals surface area contributed by atoms with E-state index in [1.165, 1.54) is 12.1 Å². The summed E-state index contributed by atoms with van der Waals surface area (Å²) in [6, 6.07) is 10.3. The minimum atomic E-state index is -0.602. The standard InChI is InChI=1S/C17H9BrFNO3/c18-9-3-1-8(2-4-9)14-13-15(21)11-7-10(19)5-6-12(11)23-16(13)17(22)20-14/h1-7,14H,(H,20,22). The van der Waals surface area contributed by atoms with Crippen LogP contribution in [0.25, 0.3) is 11.0 Å². The molecule has 114 valence electrons. The van der Waals surface area contributed by atoms with E-state index in [1.54, 1.807) is 12.1 Å². The van der Waals surface area contributed by atoms with Gasteiger partial charge in [0.15, 0.2) is 5.43 Å². The number of carbonyl (C=O) groups excluding carboxylic acids is 1. The Hall–Kier alpha value is -2.47. The van der Waals surface area contributed by atoms with Crippen molar-refractivity contribution < 1.29 is 13.6 Å². The van der Waals surface area contributed by atoms with E-state index < -0.39 is 23.2 Å². The number of nitrogens with one attached hydrogen (secondary N) is 1.